The second-order valence-corrected chi connectivity index (χ2v) is 3.89. The summed E-state index contributed by atoms with van der Waals surface area (Å²) in [6, 6.07) is 8.68. The van der Waals surface area contributed by atoms with Gasteiger partial charge in [0.2, 0.25) is 0 Å². The molecule has 0 amide bonds. The molecule has 0 saturated heterocycles. The van der Waals surface area contributed by atoms with Crippen molar-refractivity contribution in [3.05, 3.63) is 35.9 Å². The predicted octanol–water partition coefficient (Wildman–Crippen LogP) is 1.28. The average molecular weight is 250 g/mol. The molecule has 0 aromatic heterocycles. The van der Waals surface area contributed by atoms with Gasteiger partial charge >= 0.3 is 5.97 Å². The van der Waals surface area contributed by atoms with Gasteiger partial charge in [-0.05, 0) is 5.56 Å². The number of esters is 1. The van der Waals surface area contributed by atoms with Crippen molar-refractivity contribution in [3.8, 4) is 0 Å². The lowest BCUT2D eigenvalue weighted by molar-refractivity contribution is -0.141. The van der Waals surface area contributed by atoms with Crippen LogP contribution in [0.5, 0.6) is 0 Å². The summed E-state index contributed by atoms with van der Waals surface area (Å²) in [6.45, 7) is 0. The number of methoxy groups -OCH3 is 2. The molecule has 0 aliphatic rings. The average Bonchev–Trinajstić information content (AvgIpc) is 2.43. The van der Waals surface area contributed by atoms with E-state index in [1.54, 1.807) is 0 Å². The van der Waals surface area contributed by atoms with Gasteiger partial charge in [-0.2, -0.15) is 0 Å². The topological polar surface area (TPSA) is 85.4 Å². The molecule has 5 nitrogen and oxygen atoms in total. The molecule has 18 heavy (non-hydrogen) atoms. The lowest BCUT2D eigenvalue weighted by Gasteiger charge is -2.23. The smallest absolute Gasteiger partial charge is 0.306 e. The third-order valence-electron chi connectivity index (χ3n) is 2.80. The molecular weight excluding hydrogens is 232 g/mol. The molecule has 0 aliphatic heterocycles. The third kappa shape index (κ3) is 3.56. The van der Waals surface area contributed by atoms with E-state index in [0.29, 0.717) is 0 Å². The summed E-state index contributed by atoms with van der Waals surface area (Å²) < 4.78 is 9.50. The third-order valence-corrected chi connectivity index (χ3v) is 2.80. The minimum atomic E-state index is -0.670. The Morgan fingerprint density at radius 2 is 1.89 bits per heavy atom. The molecule has 0 aliphatic carbocycles. The van der Waals surface area contributed by atoms with Crippen molar-refractivity contribution in [2.75, 3.05) is 14.2 Å². The van der Waals surface area contributed by atoms with E-state index in [1.165, 1.54) is 14.2 Å². The highest BCUT2D eigenvalue weighted by Gasteiger charge is 2.27. The first-order valence-electron chi connectivity index (χ1n) is 5.60. The van der Waals surface area contributed by atoms with E-state index in [-0.39, 0.29) is 24.2 Å². The second kappa shape index (κ2) is 6.76. The molecule has 0 fully saturated rings. The van der Waals surface area contributed by atoms with Crippen LogP contribution >= 0.6 is 0 Å². The number of carbonyl (C=O) groups is 1. The Morgan fingerprint density at radius 3 is 2.39 bits per heavy atom. The summed E-state index contributed by atoms with van der Waals surface area (Å²) in [5.41, 5.74) is 6.84. The van der Waals surface area contributed by atoms with Crippen LogP contribution in [0.1, 0.15) is 17.9 Å². The molecule has 0 bridgehead atoms. The van der Waals surface area contributed by atoms with E-state index < -0.39 is 6.04 Å². The Kier molecular flexibility index (Phi) is 5.32. The molecule has 1 aromatic rings. The number of hydrogen-bond acceptors (Lipinski definition) is 5. The Hall–Kier alpha value is -1.88. The maximum absolute atomic E-state index is 11.4. The molecule has 1 unspecified atom stereocenters. The van der Waals surface area contributed by atoms with Crippen LogP contribution in [0.2, 0.25) is 0 Å². The fourth-order valence-corrected chi connectivity index (χ4v) is 1.73. The van der Waals surface area contributed by atoms with Crippen LogP contribution < -0.4 is 5.73 Å². The number of hydrogen-bond donors (Lipinski definition) is 2. The summed E-state index contributed by atoms with van der Waals surface area (Å²) in [5.74, 6) is -0.734. The van der Waals surface area contributed by atoms with Crippen molar-refractivity contribution in [1.29, 1.82) is 5.41 Å². The van der Waals surface area contributed by atoms with Gasteiger partial charge in [-0.3, -0.25) is 10.2 Å². The summed E-state index contributed by atoms with van der Waals surface area (Å²) in [4.78, 5) is 11.4. The van der Waals surface area contributed by atoms with Gasteiger partial charge in [0.25, 0.3) is 0 Å². The van der Waals surface area contributed by atoms with E-state index in [4.69, 9.17) is 15.9 Å². The van der Waals surface area contributed by atoms with E-state index in [0.717, 1.165) is 5.56 Å². The van der Waals surface area contributed by atoms with Gasteiger partial charge < -0.3 is 15.2 Å². The van der Waals surface area contributed by atoms with Crippen LogP contribution in [0.3, 0.4) is 0 Å². The second-order valence-electron chi connectivity index (χ2n) is 3.89. The normalized spacial score (nSPS) is 13.5. The van der Waals surface area contributed by atoms with Crippen LogP contribution in [0.4, 0.5) is 0 Å². The summed E-state index contributed by atoms with van der Waals surface area (Å²) >= 11 is 0. The quantitative estimate of drug-likeness (QED) is 0.468. The standard InChI is InChI=1S/C13H18N2O3/c1-17-11(16)8-10(12(14)13(15)18-2)9-6-4-3-5-7-9/h3-7,10,12,15H,8,14H2,1-2H3/t10?,12-/m1/s1. The van der Waals surface area contributed by atoms with Crippen molar-refractivity contribution in [2.45, 2.75) is 18.4 Å². The van der Waals surface area contributed by atoms with Crippen molar-refractivity contribution >= 4 is 11.9 Å². The zero-order valence-corrected chi connectivity index (χ0v) is 10.6. The minimum absolute atomic E-state index is 0.0484. The highest BCUT2D eigenvalue weighted by atomic mass is 16.5. The summed E-state index contributed by atoms with van der Waals surface area (Å²) in [7, 11) is 2.72. The van der Waals surface area contributed by atoms with Gasteiger partial charge in [0, 0.05) is 5.92 Å². The van der Waals surface area contributed by atoms with Crippen LogP contribution in [0.25, 0.3) is 0 Å². The fourth-order valence-electron chi connectivity index (χ4n) is 1.73. The Labute approximate surface area is 106 Å². The number of rotatable bonds is 5. The molecule has 0 spiro atoms. The summed E-state index contributed by atoms with van der Waals surface area (Å²) in [5, 5.41) is 7.63. The van der Waals surface area contributed by atoms with Crippen molar-refractivity contribution < 1.29 is 14.3 Å². The van der Waals surface area contributed by atoms with Crippen molar-refractivity contribution in [2.24, 2.45) is 5.73 Å². The predicted molar refractivity (Wildman–Crippen MR) is 68.5 cm³/mol. The van der Waals surface area contributed by atoms with Crippen LogP contribution in [-0.2, 0) is 14.3 Å². The first kappa shape index (κ1) is 14.2. The molecule has 98 valence electrons. The van der Waals surface area contributed by atoms with Crippen LogP contribution in [-0.4, -0.2) is 32.1 Å². The molecule has 2 atom stereocenters. The van der Waals surface area contributed by atoms with Gasteiger partial charge in [-0.1, -0.05) is 30.3 Å². The van der Waals surface area contributed by atoms with Gasteiger partial charge in [0.15, 0.2) is 5.90 Å². The van der Waals surface area contributed by atoms with Crippen molar-refractivity contribution in [1.82, 2.24) is 0 Å². The van der Waals surface area contributed by atoms with Gasteiger partial charge in [-0.15, -0.1) is 0 Å². The lowest BCUT2D eigenvalue weighted by atomic mass is 9.89. The SMILES string of the molecule is COC(=N)[C@H](N)C(CC(=O)OC)c1ccccc1. The molecule has 0 radical (unpaired) electrons. The Bertz CT molecular complexity index is 406. The zero-order valence-electron chi connectivity index (χ0n) is 10.6. The number of nitrogens with one attached hydrogen (secondary N) is 1. The molecule has 3 N–H and O–H groups in total. The number of benzene rings is 1. The lowest BCUT2D eigenvalue weighted by Crippen LogP contribution is -2.38. The van der Waals surface area contributed by atoms with Gasteiger partial charge in [0.1, 0.15) is 0 Å². The molecule has 1 rings (SSSR count). The first-order chi connectivity index (χ1) is 8.60. The molecular formula is C13H18N2O3. The number of carbonyl (C=O) groups excluding carboxylic acids is 1. The summed E-state index contributed by atoms with van der Waals surface area (Å²) in [6.07, 6.45) is 0.118. The highest BCUT2D eigenvalue weighted by Crippen LogP contribution is 2.23. The van der Waals surface area contributed by atoms with Crippen molar-refractivity contribution in [3.63, 3.8) is 0 Å². The molecule has 0 heterocycles. The van der Waals surface area contributed by atoms with E-state index in [9.17, 15) is 4.79 Å². The number of nitrogens with two attached hydrogens (primary N) is 1. The van der Waals surface area contributed by atoms with E-state index >= 15 is 0 Å². The Morgan fingerprint density at radius 1 is 1.28 bits per heavy atom. The Balaban J connectivity index is 2.95. The fraction of sp³-hybridized carbons (Fsp3) is 0.385. The number of ether oxygens (including phenoxy) is 2. The van der Waals surface area contributed by atoms with Crippen LogP contribution in [0, 0.1) is 5.41 Å². The van der Waals surface area contributed by atoms with Gasteiger partial charge in [-0.25, -0.2) is 0 Å². The molecule has 1 aromatic carbocycles. The minimum Gasteiger partial charge on any atom is -0.483 e. The zero-order chi connectivity index (χ0) is 13.5. The largest absolute Gasteiger partial charge is 0.483 e. The molecule has 5 heteroatoms. The van der Waals surface area contributed by atoms with Gasteiger partial charge in [0.05, 0.1) is 26.7 Å². The monoisotopic (exact) mass is 250 g/mol. The maximum atomic E-state index is 11.4. The van der Waals surface area contributed by atoms with Crippen LogP contribution in [0.15, 0.2) is 30.3 Å². The highest BCUT2D eigenvalue weighted by molar-refractivity contribution is 5.81. The maximum Gasteiger partial charge on any atom is 0.306 e. The van der Waals surface area contributed by atoms with E-state index in [2.05, 4.69) is 4.74 Å². The van der Waals surface area contributed by atoms with E-state index in [1.807, 2.05) is 30.3 Å². The first-order valence-corrected chi connectivity index (χ1v) is 5.60. The molecule has 0 saturated carbocycles.